The number of pyridine rings is 1. The van der Waals surface area contributed by atoms with Gasteiger partial charge in [0.2, 0.25) is 0 Å². The predicted molar refractivity (Wildman–Crippen MR) is 286 cm³/mol. The molecule has 13 aromatic rings. The van der Waals surface area contributed by atoms with Crippen LogP contribution in [0.25, 0.3) is 149 Å². The highest BCUT2D eigenvalue weighted by molar-refractivity contribution is 7.23. The maximum atomic E-state index is 5.26. The summed E-state index contributed by atoms with van der Waals surface area (Å²) >= 11 is 1.73. The number of benzene rings is 9. The van der Waals surface area contributed by atoms with Gasteiger partial charge in [-0.25, -0.2) is 19.9 Å². The number of hydrogen-bond donors (Lipinski definition) is 0. The van der Waals surface area contributed by atoms with Crippen LogP contribution in [-0.4, -0.2) is 29.3 Å². The van der Waals surface area contributed by atoms with Gasteiger partial charge in [-0.1, -0.05) is 175 Å². The van der Waals surface area contributed by atoms with E-state index in [4.69, 9.17) is 24.9 Å². The summed E-state index contributed by atoms with van der Waals surface area (Å²) in [4.78, 5) is 26.1. The predicted octanol–water partition coefficient (Wildman–Crippen LogP) is 16.2. The minimum absolute atomic E-state index is 0.610. The Morgan fingerprint density at radius 3 is 1.37 bits per heavy atom. The van der Waals surface area contributed by atoms with Gasteiger partial charge in [0.25, 0.3) is 0 Å². The van der Waals surface area contributed by atoms with Crippen molar-refractivity contribution in [2.75, 3.05) is 0 Å². The van der Waals surface area contributed by atoms with Crippen LogP contribution in [0.1, 0.15) is 0 Å². The van der Waals surface area contributed by atoms with Gasteiger partial charge in [-0.15, -0.1) is 0 Å². The first-order valence-electron chi connectivity index (χ1n) is 23.5. The molecule has 0 atom stereocenters. The average molecular weight is 909 g/mol. The van der Waals surface area contributed by atoms with Crippen molar-refractivity contribution in [2.45, 2.75) is 0 Å². The molecule has 0 fully saturated rings. The Morgan fingerprint density at radius 2 is 0.757 bits per heavy atom. The van der Waals surface area contributed by atoms with E-state index in [1.54, 1.807) is 17.7 Å². The summed E-state index contributed by atoms with van der Waals surface area (Å²) in [6.07, 6.45) is 3.52. The number of hydrogen-bond acceptors (Lipinski definition) is 6. The van der Waals surface area contributed by atoms with E-state index < -0.39 is 0 Å². The summed E-state index contributed by atoms with van der Waals surface area (Å²) < 4.78 is 3.53. The highest BCUT2D eigenvalue weighted by Crippen LogP contribution is 2.51. The molecule has 0 spiro atoms. The number of thiazole rings is 1. The van der Waals surface area contributed by atoms with Crippen LogP contribution in [0, 0.1) is 0 Å². The van der Waals surface area contributed by atoms with Crippen LogP contribution in [0.2, 0.25) is 0 Å². The molecule has 0 saturated heterocycles. The molecule has 9 aromatic carbocycles. The molecule has 324 valence electrons. The molecule has 15 rings (SSSR count). The van der Waals surface area contributed by atoms with Gasteiger partial charge in [0, 0.05) is 34.0 Å². The van der Waals surface area contributed by atoms with E-state index in [9.17, 15) is 0 Å². The van der Waals surface area contributed by atoms with Gasteiger partial charge in [-0.05, 0) is 120 Å². The van der Waals surface area contributed by atoms with Gasteiger partial charge in [0.1, 0.15) is 6.33 Å². The summed E-state index contributed by atoms with van der Waals surface area (Å²) in [6.45, 7) is 0. The lowest BCUT2D eigenvalue weighted by Gasteiger charge is -2.24. The fraction of sp³-hybridized carbons (Fsp3) is 0. The van der Waals surface area contributed by atoms with E-state index >= 15 is 0 Å². The molecule has 0 unspecified atom stereocenters. The van der Waals surface area contributed by atoms with Crippen molar-refractivity contribution < 1.29 is 0 Å². The van der Waals surface area contributed by atoms with Crippen LogP contribution in [0.3, 0.4) is 0 Å². The van der Waals surface area contributed by atoms with Crippen molar-refractivity contribution in [3.05, 3.63) is 219 Å². The van der Waals surface area contributed by atoms with Gasteiger partial charge >= 0.3 is 0 Å². The van der Waals surface area contributed by atoms with Gasteiger partial charge in [-0.3, -0.25) is 9.38 Å². The molecule has 0 saturated carbocycles. The van der Waals surface area contributed by atoms with Crippen LogP contribution in [-0.2, 0) is 0 Å². The van der Waals surface area contributed by atoms with E-state index in [1.807, 2.05) is 12.3 Å². The largest absolute Gasteiger partial charge is 0.283 e. The number of nitrogens with zero attached hydrogens (tertiary/aromatic N) is 6. The van der Waals surface area contributed by atoms with E-state index in [2.05, 4.69) is 205 Å². The summed E-state index contributed by atoms with van der Waals surface area (Å²) in [5.74, 6) is 1.22. The standard InChI is InChI=1S/C63H36N6S/c1-4-17-45-41(13-1)42-14-2-5-18-46(42)54-34-38(27-30-49(54)48-29-26-37(33-53(45)48)40-21-11-24-57-60(40)67-63-69(57)56-23-9-10-25-58(56)70-63)61-65-36-66-62(68-61)39-28-31-50-52-22-12-32-64-59(52)51-20-8-7-16-44(51)43-15-3-6-19-47(43)55(50)35-39/h1-36H. The minimum atomic E-state index is 0.610. The zero-order chi connectivity index (χ0) is 45.9. The highest BCUT2D eigenvalue weighted by Gasteiger charge is 2.26. The van der Waals surface area contributed by atoms with Crippen LogP contribution in [0.15, 0.2) is 219 Å². The monoisotopic (exact) mass is 908 g/mol. The minimum Gasteiger partial charge on any atom is -0.283 e. The number of imidazole rings is 1. The Hall–Kier alpha value is -9.17. The van der Waals surface area contributed by atoms with Crippen molar-refractivity contribution in [1.82, 2.24) is 29.3 Å². The van der Waals surface area contributed by atoms with Crippen LogP contribution in [0.4, 0.5) is 0 Å². The third-order valence-electron chi connectivity index (χ3n) is 14.2. The first-order chi connectivity index (χ1) is 34.7. The Kier molecular flexibility index (Phi) is 8.43. The second-order valence-electron chi connectivity index (χ2n) is 18.0. The number of aromatic nitrogens is 6. The fourth-order valence-electron chi connectivity index (χ4n) is 11.1. The molecule has 0 radical (unpaired) electrons. The Bertz CT molecular complexity index is 4330. The number of para-hydroxylation sites is 2. The lowest BCUT2D eigenvalue weighted by Crippen LogP contribution is -2.00. The van der Waals surface area contributed by atoms with E-state index in [0.717, 1.165) is 105 Å². The number of rotatable bonds is 3. The number of fused-ring (bicyclic) bond motifs is 21. The second-order valence-corrected chi connectivity index (χ2v) is 19.0. The highest BCUT2D eigenvalue weighted by atomic mass is 32.1. The zero-order valence-corrected chi connectivity index (χ0v) is 38.2. The first-order valence-corrected chi connectivity index (χ1v) is 24.3. The van der Waals surface area contributed by atoms with E-state index in [0.29, 0.717) is 11.6 Å². The Morgan fingerprint density at radius 1 is 0.314 bits per heavy atom. The summed E-state index contributed by atoms with van der Waals surface area (Å²) in [7, 11) is 0. The third kappa shape index (κ3) is 5.82. The van der Waals surface area contributed by atoms with Crippen molar-refractivity contribution in [2.24, 2.45) is 0 Å². The van der Waals surface area contributed by atoms with Crippen LogP contribution in [0.5, 0.6) is 0 Å². The van der Waals surface area contributed by atoms with Crippen LogP contribution < -0.4 is 0 Å². The summed E-state index contributed by atoms with van der Waals surface area (Å²) in [5, 5.41) is 0. The molecule has 2 aliphatic carbocycles. The van der Waals surface area contributed by atoms with Gasteiger partial charge in [0.05, 0.1) is 26.9 Å². The van der Waals surface area contributed by atoms with Gasteiger partial charge < -0.3 is 0 Å². The third-order valence-corrected chi connectivity index (χ3v) is 15.2. The fourth-order valence-corrected chi connectivity index (χ4v) is 12.1. The molecule has 7 heteroatoms. The molecule has 0 aliphatic heterocycles. The van der Waals surface area contributed by atoms with Crippen molar-refractivity contribution in [3.8, 4) is 123 Å². The smallest absolute Gasteiger partial charge is 0.195 e. The molecule has 2 aliphatic rings. The van der Waals surface area contributed by atoms with Crippen molar-refractivity contribution in [3.63, 3.8) is 0 Å². The molecule has 6 nitrogen and oxygen atoms in total. The van der Waals surface area contributed by atoms with Crippen LogP contribution >= 0.6 is 11.3 Å². The van der Waals surface area contributed by atoms with E-state index in [1.165, 1.54) is 32.5 Å². The van der Waals surface area contributed by atoms with Gasteiger partial charge in [0.15, 0.2) is 16.6 Å². The topological polar surface area (TPSA) is 68.9 Å². The quantitative estimate of drug-likeness (QED) is 0.177. The normalized spacial score (nSPS) is 12.0. The first kappa shape index (κ1) is 38.9. The maximum absolute atomic E-state index is 5.26. The molecule has 0 N–H and O–H groups in total. The van der Waals surface area contributed by atoms with Crippen molar-refractivity contribution in [1.29, 1.82) is 0 Å². The molecular weight excluding hydrogens is 873 g/mol. The van der Waals surface area contributed by atoms with E-state index in [-0.39, 0.29) is 0 Å². The Balaban J connectivity index is 0.874. The molecule has 4 aromatic heterocycles. The summed E-state index contributed by atoms with van der Waals surface area (Å²) in [6, 6.07) is 74.2. The zero-order valence-electron chi connectivity index (χ0n) is 37.4. The molecule has 0 amide bonds. The van der Waals surface area contributed by atoms with Gasteiger partial charge in [-0.2, -0.15) is 0 Å². The molecule has 70 heavy (non-hydrogen) atoms. The molecule has 4 heterocycles. The summed E-state index contributed by atoms with van der Waals surface area (Å²) in [5.41, 5.74) is 25.5. The maximum Gasteiger partial charge on any atom is 0.195 e. The Labute approximate surface area is 406 Å². The molecule has 0 bridgehead atoms. The second kappa shape index (κ2) is 15.2. The average Bonchev–Trinajstić information content (AvgIpc) is 3.99. The molecular formula is C63H36N6S. The lowest BCUT2D eigenvalue weighted by atomic mass is 9.79. The SMILES string of the molecule is c1ccc2c(c1)-c1ccccc1-c1cc(-c3cccc4c3nc3sc5ccccc5n34)ccc1-c1ccc(-c3ncnc(-c4ccc5c(c4)-c4ccccc4-c4ccccc4-c4ncccc4-5)n3)cc1-2. The van der Waals surface area contributed by atoms with Crippen molar-refractivity contribution >= 4 is 37.5 Å². The lowest BCUT2D eigenvalue weighted by molar-refractivity contribution is 1.07.